The topological polar surface area (TPSA) is 59.8 Å². The van der Waals surface area contributed by atoms with Gasteiger partial charge in [0.25, 0.3) is 0 Å². The van der Waals surface area contributed by atoms with Gasteiger partial charge in [0.2, 0.25) is 5.91 Å². The molecule has 2 heterocycles. The maximum atomic E-state index is 13.1. The zero-order valence-corrected chi connectivity index (χ0v) is 14.7. The summed E-state index contributed by atoms with van der Waals surface area (Å²) in [6.07, 6.45) is 6.14. The van der Waals surface area contributed by atoms with Crippen LogP contribution in [-0.2, 0) is 24.2 Å². The molecule has 3 aromatic rings. The van der Waals surface area contributed by atoms with Gasteiger partial charge in [0.15, 0.2) is 0 Å². The molecular formula is C20H21FN4O. The largest absolute Gasteiger partial charge is 0.355 e. The zero-order chi connectivity index (χ0) is 18.4. The lowest BCUT2D eigenvalue weighted by Gasteiger charge is -2.11. The summed E-state index contributed by atoms with van der Waals surface area (Å²) in [6.45, 7) is 3.13. The van der Waals surface area contributed by atoms with Crippen LogP contribution in [-0.4, -0.2) is 27.0 Å². The Bertz CT molecular complexity index is 859. The Kier molecular flexibility index (Phi) is 5.73. The number of pyridine rings is 1. The van der Waals surface area contributed by atoms with Gasteiger partial charge in [0, 0.05) is 43.8 Å². The fourth-order valence-electron chi connectivity index (χ4n) is 2.76. The van der Waals surface area contributed by atoms with Gasteiger partial charge in [0.1, 0.15) is 11.6 Å². The second-order valence-electron chi connectivity index (χ2n) is 6.17. The average Bonchev–Trinajstić information content (AvgIpc) is 2.98. The van der Waals surface area contributed by atoms with Crippen LogP contribution >= 0.6 is 0 Å². The highest BCUT2D eigenvalue weighted by atomic mass is 19.1. The van der Waals surface area contributed by atoms with Crippen molar-refractivity contribution in [2.75, 3.05) is 6.54 Å². The van der Waals surface area contributed by atoms with Crippen molar-refractivity contribution < 1.29 is 9.18 Å². The first-order valence-electron chi connectivity index (χ1n) is 8.53. The van der Waals surface area contributed by atoms with Crippen LogP contribution in [0.1, 0.15) is 22.6 Å². The summed E-state index contributed by atoms with van der Waals surface area (Å²) in [5.41, 5.74) is 2.93. The molecule has 1 amide bonds. The van der Waals surface area contributed by atoms with Gasteiger partial charge in [-0.15, -0.1) is 0 Å². The maximum absolute atomic E-state index is 13.1. The zero-order valence-electron chi connectivity index (χ0n) is 14.7. The second kappa shape index (κ2) is 8.38. The molecule has 0 bridgehead atoms. The number of aryl methyl sites for hydroxylation is 1. The van der Waals surface area contributed by atoms with Gasteiger partial charge in [-0.05, 0) is 36.2 Å². The van der Waals surface area contributed by atoms with Crippen LogP contribution in [0.2, 0.25) is 0 Å². The van der Waals surface area contributed by atoms with Crippen molar-refractivity contribution in [3.63, 3.8) is 0 Å². The lowest BCUT2D eigenvalue weighted by atomic mass is 10.2. The molecule has 0 fully saturated rings. The van der Waals surface area contributed by atoms with Gasteiger partial charge in [0.05, 0.1) is 6.42 Å². The minimum Gasteiger partial charge on any atom is -0.355 e. The predicted octanol–water partition coefficient (Wildman–Crippen LogP) is 2.68. The molecule has 2 aromatic heterocycles. The molecule has 5 nitrogen and oxygen atoms in total. The Balaban J connectivity index is 1.55. The van der Waals surface area contributed by atoms with E-state index in [-0.39, 0.29) is 11.7 Å². The van der Waals surface area contributed by atoms with Gasteiger partial charge in [-0.2, -0.15) is 0 Å². The number of rotatable bonds is 7. The molecule has 0 aliphatic rings. The van der Waals surface area contributed by atoms with Crippen molar-refractivity contribution >= 4 is 5.91 Å². The summed E-state index contributed by atoms with van der Waals surface area (Å²) < 4.78 is 15.1. The number of carbonyl (C=O) groups is 1. The highest BCUT2D eigenvalue weighted by molar-refractivity contribution is 5.78. The van der Waals surface area contributed by atoms with Crippen LogP contribution in [0.4, 0.5) is 4.39 Å². The summed E-state index contributed by atoms with van der Waals surface area (Å²) in [5, 5.41) is 2.92. The summed E-state index contributed by atoms with van der Waals surface area (Å²) in [5.74, 6) is 0.618. The molecule has 6 heteroatoms. The first-order chi connectivity index (χ1) is 12.6. The van der Waals surface area contributed by atoms with E-state index in [1.54, 1.807) is 24.5 Å². The van der Waals surface area contributed by atoms with Crippen LogP contribution < -0.4 is 5.32 Å². The maximum Gasteiger partial charge on any atom is 0.224 e. The quantitative estimate of drug-likeness (QED) is 0.711. The predicted molar refractivity (Wildman–Crippen MR) is 97.1 cm³/mol. The van der Waals surface area contributed by atoms with Gasteiger partial charge in [-0.25, -0.2) is 9.37 Å². The van der Waals surface area contributed by atoms with Gasteiger partial charge >= 0.3 is 0 Å². The van der Waals surface area contributed by atoms with Gasteiger partial charge in [-0.1, -0.05) is 18.2 Å². The molecule has 0 aliphatic carbocycles. The SMILES string of the molecule is Cc1cnc(CCNC(=O)Cc2cccnc2)n1Cc1ccc(F)cc1. The highest BCUT2D eigenvalue weighted by Crippen LogP contribution is 2.11. The van der Waals surface area contributed by atoms with E-state index in [9.17, 15) is 9.18 Å². The summed E-state index contributed by atoms with van der Waals surface area (Å²) in [6, 6.07) is 10.2. The smallest absolute Gasteiger partial charge is 0.224 e. The third-order valence-corrected chi connectivity index (χ3v) is 4.15. The number of nitrogens with one attached hydrogen (secondary N) is 1. The number of aromatic nitrogens is 3. The normalized spacial score (nSPS) is 10.7. The van der Waals surface area contributed by atoms with Crippen molar-refractivity contribution in [1.29, 1.82) is 0 Å². The van der Waals surface area contributed by atoms with Crippen LogP contribution in [0.25, 0.3) is 0 Å². The van der Waals surface area contributed by atoms with Crippen molar-refractivity contribution in [3.8, 4) is 0 Å². The van der Waals surface area contributed by atoms with Crippen LogP contribution in [0, 0.1) is 12.7 Å². The Morgan fingerprint density at radius 2 is 1.96 bits per heavy atom. The van der Waals surface area contributed by atoms with E-state index in [0.717, 1.165) is 22.6 Å². The number of nitrogens with zero attached hydrogens (tertiary/aromatic N) is 3. The average molecular weight is 352 g/mol. The lowest BCUT2D eigenvalue weighted by Crippen LogP contribution is -2.28. The van der Waals surface area contributed by atoms with Crippen LogP contribution in [0.3, 0.4) is 0 Å². The van der Waals surface area contributed by atoms with E-state index in [0.29, 0.717) is 25.9 Å². The summed E-state index contributed by atoms with van der Waals surface area (Å²) in [7, 11) is 0. The van der Waals surface area contributed by atoms with E-state index >= 15 is 0 Å². The summed E-state index contributed by atoms with van der Waals surface area (Å²) >= 11 is 0. The number of hydrogen-bond donors (Lipinski definition) is 1. The number of benzene rings is 1. The molecular weight excluding hydrogens is 331 g/mol. The van der Waals surface area contributed by atoms with Crippen LogP contribution in [0.15, 0.2) is 55.0 Å². The van der Waals surface area contributed by atoms with E-state index in [1.807, 2.05) is 25.3 Å². The first kappa shape index (κ1) is 17.8. The highest BCUT2D eigenvalue weighted by Gasteiger charge is 2.09. The molecule has 3 rings (SSSR count). The molecule has 1 aromatic carbocycles. The molecule has 26 heavy (non-hydrogen) atoms. The Hall–Kier alpha value is -3.02. The summed E-state index contributed by atoms with van der Waals surface area (Å²) in [4.78, 5) is 20.5. The first-order valence-corrected chi connectivity index (χ1v) is 8.53. The van der Waals surface area contributed by atoms with E-state index < -0.39 is 0 Å². The van der Waals surface area contributed by atoms with Crippen molar-refractivity contribution in [2.24, 2.45) is 0 Å². The Morgan fingerprint density at radius 3 is 2.69 bits per heavy atom. The number of hydrogen-bond acceptors (Lipinski definition) is 3. The Labute approximate surface area is 151 Å². The molecule has 134 valence electrons. The van der Waals surface area contributed by atoms with E-state index in [1.165, 1.54) is 12.1 Å². The molecule has 0 saturated carbocycles. The molecule has 1 N–H and O–H groups in total. The molecule has 0 unspecified atom stereocenters. The minimum atomic E-state index is -0.243. The number of carbonyl (C=O) groups excluding carboxylic acids is 1. The fraction of sp³-hybridized carbons (Fsp3) is 0.250. The van der Waals surface area contributed by atoms with Crippen molar-refractivity contribution in [2.45, 2.75) is 26.3 Å². The van der Waals surface area contributed by atoms with Crippen LogP contribution in [0.5, 0.6) is 0 Å². The number of imidazole rings is 1. The number of halogens is 1. The Morgan fingerprint density at radius 1 is 1.15 bits per heavy atom. The molecule has 0 aliphatic heterocycles. The van der Waals surface area contributed by atoms with Crippen molar-refractivity contribution in [1.82, 2.24) is 19.9 Å². The number of amides is 1. The lowest BCUT2D eigenvalue weighted by molar-refractivity contribution is -0.120. The van der Waals surface area contributed by atoms with Gasteiger partial charge in [-0.3, -0.25) is 9.78 Å². The standard InChI is InChI=1S/C20H21FN4O/c1-15-12-24-19(25(15)14-16-4-6-18(21)7-5-16)8-10-23-20(26)11-17-3-2-9-22-13-17/h2-7,9,12-13H,8,10-11,14H2,1H3,(H,23,26). The molecule has 0 radical (unpaired) electrons. The second-order valence-corrected chi connectivity index (χ2v) is 6.17. The molecule has 0 atom stereocenters. The van der Waals surface area contributed by atoms with Crippen molar-refractivity contribution in [3.05, 3.63) is 83.5 Å². The third kappa shape index (κ3) is 4.75. The fourth-order valence-corrected chi connectivity index (χ4v) is 2.76. The minimum absolute atomic E-state index is 0.0358. The van der Waals surface area contributed by atoms with Gasteiger partial charge < -0.3 is 9.88 Å². The van der Waals surface area contributed by atoms with E-state index in [2.05, 4.69) is 19.9 Å². The van der Waals surface area contributed by atoms with E-state index in [4.69, 9.17) is 0 Å². The molecule has 0 spiro atoms. The monoisotopic (exact) mass is 352 g/mol. The molecule has 0 saturated heterocycles. The third-order valence-electron chi connectivity index (χ3n) is 4.15.